The molecule has 1 rings (SSSR count). The van der Waals surface area contributed by atoms with E-state index >= 15 is 0 Å². The summed E-state index contributed by atoms with van der Waals surface area (Å²) in [6, 6.07) is 3.24. The molecule has 0 saturated carbocycles. The van der Waals surface area contributed by atoms with Crippen LogP contribution < -0.4 is 9.46 Å². The lowest BCUT2D eigenvalue weighted by atomic mass is 10.2. The number of sulfonamides is 1. The molecule has 19 heavy (non-hydrogen) atoms. The maximum Gasteiger partial charge on any atom is 0.244 e. The van der Waals surface area contributed by atoms with Crippen LogP contribution in [0.4, 0.5) is 0 Å². The maximum atomic E-state index is 12.2. The van der Waals surface area contributed by atoms with E-state index in [9.17, 15) is 8.42 Å². The van der Waals surface area contributed by atoms with Crippen LogP contribution in [0.25, 0.3) is 0 Å². The molecule has 0 aliphatic heterocycles. The number of aryl methyl sites for hydroxylation is 1. The van der Waals surface area contributed by atoms with Crippen molar-refractivity contribution in [3.8, 4) is 5.75 Å². The smallest absolute Gasteiger partial charge is 0.244 e. The molecule has 0 saturated heterocycles. The average Bonchev–Trinajstić information content (AvgIpc) is 2.37. The quantitative estimate of drug-likeness (QED) is 0.763. The summed E-state index contributed by atoms with van der Waals surface area (Å²) in [6.45, 7) is 2.71. The first-order chi connectivity index (χ1) is 8.92. The fourth-order valence-electron chi connectivity index (χ4n) is 1.51. The second kappa shape index (κ2) is 7.23. The lowest BCUT2D eigenvalue weighted by Crippen LogP contribution is -2.26. The zero-order valence-corrected chi connectivity index (χ0v) is 13.6. The van der Waals surface area contributed by atoms with Gasteiger partial charge >= 0.3 is 0 Å². The molecule has 0 aliphatic carbocycles. The Balaban J connectivity index is 2.97. The monoisotopic (exact) mass is 351 g/mol. The second-order valence-corrected chi connectivity index (χ2v) is 6.59. The normalized spacial score (nSPS) is 11.6. The Bertz CT molecular complexity index is 531. The Morgan fingerprint density at radius 3 is 2.58 bits per heavy atom. The molecule has 0 fully saturated rings. The highest BCUT2D eigenvalue weighted by Gasteiger charge is 2.20. The molecule has 0 unspecified atom stereocenters. The fourth-order valence-corrected chi connectivity index (χ4v) is 3.25. The van der Waals surface area contributed by atoms with Gasteiger partial charge in [0.25, 0.3) is 0 Å². The van der Waals surface area contributed by atoms with Crippen molar-refractivity contribution in [1.29, 1.82) is 0 Å². The van der Waals surface area contributed by atoms with Gasteiger partial charge in [-0.2, -0.15) is 0 Å². The van der Waals surface area contributed by atoms with Crippen LogP contribution in [0.3, 0.4) is 0 Å². The summed E-state index contributed by atoms with van der Waals surface area (Å²) in [6.07, 6.45) is 0.616. The maximum absolute atomic E-state index is 12.2. The van der Waals surface area contributed by atoms with Gasteiger partial charge in [0.1, 0.15) is 10.6 Å². The molecule has 0 atom stereocenters. The molecule has 0 radical (unpaired) electrons. The number of nitrogens with one attached hydrogen (secondary N) is 1. The van der Waals surface area contributed by atoms with E-state index in [4.69, 9.17) is 9.47 Å². The summed E-state index contributed by atoms with van der Waals surface area (Å²) in [7, 11) is -0.554. The zero-order valence-electron chi connectivity index (χ0n) is 11.2. The third kappa shape index (κ3) is 4.45. The average molecular weight is 352 g/mol. The molecular weight excluding hydrogens is 334 g/mol. The number of rotatable bonds is 7. The summed E-state index contributed by atoms with van der Waals surface area (Å²) in [5, 5.41) is 0. The van der Waals surface area contributed by atoms with Gasteiger partial charge in [0.2, 0.25) is 10.0 Å². The first kappa shape index (κ1) is 16.4. The first-order valence-corrected chi connectivity index (χ1v) is 8.02. The molecule has 0 heterocycles. The van der Waals surface area contributed by atoms with E-state index < -0.39 is 10.0 Å². The van der Waals surface area contributed by atoms with Gasteiger partial charge < -0.3 is 9.47 Å². The van der Waals surface area contributed by atoms with Crippen molar-refractivity contribution in [2.24, 2.45) is 0 Å². The van der Waals surface area contributed by atoms with Crippen molar-refractivity contribution in [3.05, 3.63) is 22.2 Å². The van der Waals surface area contributed by atoms with E-state index in [2.05, 4.69) is 20.7 Å². The van der Waals surface area contributed by atoms with E-state index in [0.29, 0.717) is 25.3 Å². The van der Waals surface area contributed by atoms with E-state index in [0.717, 1.165) is 10.0 Å². The van der Waals surface area contributed by atoms with Crippen LogP contribution in [0.1, 0.15) is 12.0 Å². The van der Waals surface area contributed by atoms with Crippen molar-refractivity contribution < 1.29 is 17.9 Å². The van der Waals surface area contributed by atoms with E-state index in [1.165, 1.54) is 7.11 Å². The molecule has 1 aromatic carbocycles. The van der Waals surface area contributed by atoms with Crippen LogP contribution in [0.5, 0.6) is 5.75 Å². The molecule has 108 valence electrons. The van der Waals surface area contributed by atoms with Crippen LogP contribution >= 0.6 is 15.9 Å². The van der Waals surface area contributed by atoms with Gasteiger partial charge in [0.15, 0.2) is 0 Å². The minimum atomic E-state index is -3.58. The predicted octanol–water partition coefficient (Wildman–Crippen LogP) is 2.08. The molecule has 7 heteroatoms. The Morgan fingerprint density at radius 2 is 2.00 bits per heavy atom. The van der Waals surface area contributed by atoms with E-state index in [1.54, 1.807) is 19.2 Å². The third-order valence-corrected chi connectivity index (χ3v) is 4.89. The molecule has 0 aromatic heterocycles. The van der Waals surface area contributed by atoms with Gasteiger partial charge in [0, 0.05) is 24.7 Å². The van der Waals surface area contributed by atoms with Gasteiger partial charge in [-0.1, -0.05) is 15.9 Å². The second-order valence-electron chi connectivity index (χ2n) is 4.00. The molecule has 5 nitrogen and oxygen atoms in total. The SMILES string of the molecule is COCCCNS(=O)(=O)c1cc(Br)c(C)cc1OC. The molecule has 0 spiro atoms. The number of halogens is 1. The molecule has 0 aliphatic rings. The summed E-state index contributed by atoms with van der Waals surface area (Å²) < 4.78 is 37.6. The number of methoxy groups -OCH3 is 2. The molecule has 1 N–H and O–H groups in total. The van der Waals surface area contributed by atoms with Crippen LogP contribution in [0, 0.1) is 6.92 Å². The van der Waals surface area contributed by atoms with Gasteiger partial charge in [-0.25, -0.2) is 13.1 Å². The lowest BCUT2D eigenvalue weighted by Gasteiger charge is -2.12. The largest absolute Gasteiger partial charge is 0.495 e. The zero-order chi connectivity index (χ0) is 14.5. The van der Waals surface area contributed by atoms with Crippen molar-refractivity contribution in [3.63, 3.8) is 0 Å². The number of benzene rings is 1. The Kier molecular flexibility index (Phi) is 6.25. The summed E-state index contributed by atoms with van der Waals surface area (Å²) >= 11 is 3.33. The van der Waals surface area contributed by atoms with Crippen LogP contribution in [-0.4, -0.2) is 35.8 Å². The van der Waals surface area contributed by atoms with Crippen LogP contribution in [-0.2, 0) is 14.8 Å². The van der Waals surface area contributed by atoms with Gasteiger partial charge in [-0.05, 0) is 31.0 Å². The predicted molar refractivity (Wildman–Crippen MR) is 77.1 cm³/mol. The number of hydrogen-bond acceptors (Lipinski definition) is 4. The third-order valence-electron chi connectivity index (χ3n) is 2.55. The highest BCUT2D eigenvalue weighted by atomic mass is 79.9. The molecule has 0 bridgehead atoms. The molecular formula is C12H18BrNO4S. The summed E-state index contributed by atoms with van der Waals surface area (Å²) in [5.74, 6) is 0.333. The number of hydrogen-bond donors (Lipinski definition) is 1. The Morgan fingerprint density at radius 1 is 1.32 bits per heavy atom. The molecule has 1 aromatic rings. The van der Waals surface area contributed by atoms with Crippen molar-refractivity contribution in [2.45, 2.75) is 18.2 Å². The Hall–Kier alpha value is -0.630. The summed E-state index contributed by atoms with van der Waals surface area (Å²) in [4.78, 5) is 0.130. The topological polar surface area (TPSA) is 64.6 Å². The van der Waals surface area contributed by atoms with E-state index in [-0.39, 0.29) is 4.90 Å². The van der Waals surface area contributed by atoms with Gasteiger partial charge in [-0.3, -0.25) is 0 Å². The fraction of sp³-hybridized carbons (Fsp3) is 0.500. The van der Waals surface area contributed by atoms with Crippen molar-refractivity contribution in [1.82, 2.24) is 4.72 Å². The highest BCUT2D eigenvalue weighted by molar-refractivity contribution is 9.10. The minimum Gasteiger partial charge on any atom is -0.495 e. The van der Waals surface area contributed by atoms with Gasteiger partial charge in [0.05, 0.1) is 7.11 Å². The van der Waals surface area contributed by atoms with Crippen molar-refractivity contribution in [2.75, 3.05) is 27.4 Å². The first-order valence-electron chi connectivity index (χ1n) is 5.75. The van der Waals surface area contributed by atoms with Crippen LogP contribution in [0.15, 0.2) is 21.5 Å². The summed E-state index contributed by atoms with van der Waals surface area (Å²) in [5.41, 5.74) is 0.912. The highest BCUT2D eigenvalue weighted by Crippen LogP contribution is 2.30. The lowest BCUT2D eigenvalue weighted by molar-refractivity contribution is 0.196. The van der Waals surface area contributed by atoms with Gasteiger partial charge in [-0.15, -0.1) is 0 Å². The van der Waals surface area contributed by atoms with Crippen molar-refractivity contribution >= 4 is 26.0 Å². The number of ether oxygens (including phenoxy) is 2. The van der Waals surface area contributed by atoms with E-state index in [1.807, 2.05) is 6.92 Å². The standard InChI is InChI=1S/C12H18BrNO4S/c1-9-7-11(18-3)12(8-10(9)13)19(15,16)14-5-4-6-17-2/h7-8,14H,4-6H2,1-3H3. The minimum absolute atomic E-state index is 0.130. The molecule has 0 amide bonds. The van der Waals surface area contributed by atoms with Crippen LogP contribution in [0.2, 0.25) is 0 Å². The Labute approximate surface area is 122 Å².